The standard InChI is InChI=1S/C23H36N4O.HI/c1-3-27-14-8-9-18(17-27)16-25-22(24-2)26-20-15-23(12-6-7-13-23)28-21-11-5-4-10-19(20)21;/h4-5,10-11,18,20H,3,6-9,12-17H2,1-2H3,(H2,24,25,26);1H. The van der Waals surface area contributed by atoms with Crippen molar-refractivity contribution in [1.29, 1.82) is 0 Å². The first kappa shape index (κ1) is 22.7. The Balaban J connectivity index is 0.00000240. The lowest BCUT2D eigenvalue weighted by Crippen LogP contribution is -2.48. The van der Waals surface area contributed by atoms with Crippen LogP contribution in [-0.2, 0) is 0 Å². The van der Waals surface area contributed by atoms with Gasteiger partial charge in [0, 0.05) is 32.1 Å². The van der Waals surface area contributed by atoms with Crippen molar-refractivity contribution >= 4 is 29.9 Å². The number of hydrogen-bond acceptors (Lipinski definition) is 3. The third-order valence-electron chi connectivity index (χ3n) is 6.85. The molecule has 5 nitrogen and oxygen atoms in total. The quantitative estimate of drug-likeness (QED) is 0.358. The first-order chi connectivity index (χ1) is 13.7. The highest BCUT2D eigenvalue weighted by molar-refractivity contribution is 14.0. The highest BCUT2D eigenvalue weighted by Crippen LogP contribution is 2.46. The van der Waals surface area contributed by atoms with Crippen LogP contribution in [0.15, 0.2) is 29.3 Å². The SMILES string of the molecule is CCN1CCCC(CNC(=NC)NC2CC3(CCCC3)Oc3ccccc32)C1.I. The molecule has 1 saturated heterocycles. The Bertz CT molecular complexity index is 689. The second-order valence-electron chi connectivity index (χ2n) is 8.79. The van der Waals surface area contributed by atoms with Gasteiger partial charge in [0.05, 0.1) is 6.04 Å². The fraction of sp³-hybridized carbons (Fsp3) is 0.696. The third-order valence-corrected chi connectivity index (χ3v) is 6.85. The molecule has 2 N–H and O–H groups in total. The number of hydrogen-bond donors (Lipinski definition) is 2. The number of ether oxygens (including phenoxy) is 1. The molecule has 1 spiro atoms. The Morgan fingerprint density at radius 1 is 1.24 bits per heavy atom. The van der Waals surface area contributed by atoms with Crippen LogP contribution in [-0.4, -0.2) is 49.7 Å². The number of aliphatic imine (C=N–C) groups is 1. The number of fused-ring (bicyclic) bond motifs is 1. The number of likely N-dealkylation sites (tertiary alicyclic amines) is 1. The number of benzene rings is 1. The highest BCUT2D eigenvalue weighted by atomic mass is 127. The molecule has 1 aromatic rings. The molecule has 2 heterocycles. The van der Waals surface area contributed by atoms with Crippen molar-refractivity contribution in [2.24, 2.45) is 10.9 Å². The Labute approximate surface area is 193 Å². The smallest absolute Gasteiger partial charge is 0.191 e. The monoisotopic (exact) mass is 512 g/mol. The van der Waals surface area contributed by atoms with Crippen LogP contribution in [0.25, 0.3) is 0 Å². The minimum absolute atomic E-state index is 0. The van der Waals surface area contributed by atoms with E-state index in [-0.39, 0.29) is 35.6 Å². The number of rotatable bonds is 4. The summed E-state index contributed by atoms with van der Waals surface area (Å²) in [7, 11) is 1.88. The van der Waals surface area contributed by atoms with Gasteiger partial charge in [0.1, 0.15) is 11.4 Å². The maximum absolute atomic E-state index is 6.50. The van der Waals surface area contributed by atoms with E-state index < -0.39 is 0 Å². The van der Waals surface area contributed by atoms with Gasteiger partial charge in [-0.1, -0.05) is 25.1 Å². The summed E-state index contributed by atoms with van der Waals surface area (Å²) in [5.74, 6) is 2.67. The Morgan fingerprint density at radius 3 is 2.79 bits per heavy atom. The van der Waals surface area contributed by atoms with Crippen LogP contribution in [0.5, 0.6) is 5.75 Å². The van der Waals surface area contributed by atoms with Gasteiger partial charge in [-0.25, -0.2) is 0 Å². The van der Waals surface area contributed by atoms with E-state index in [0.717, 1.165) is 31.2 Å². The van der Waals surface area contributed by atoms with Crippen LogP contribution in [0.3, 0.4) is 0 Å². The van der Waals surface area contributed by atoms with Gasteiger partial charge in [0.2, 0.25) is 0 Å². The van der Waals surface area contributed by atoms with E-state index in [1.54, 1.807) is 0 Å². The van der Waals surface area contributed by atoms with Crippen LogP contribution >= 0.6 is 24.0 Å². The van der Waals surface area contributed by atoms with E-state index >= 15 is 0 Å². The molecule has 1 aliphatic carbocycles. The van der Waals surface area contributed by atoms with Gasteiger partial charge in [-0.3, -0.25) is 4.99 Å². The number of guanidine groups is 1. The number of para-hydroxylation sites is 1. The lowest BCUT2D eigenvalue weighted by atomic mass is 9.86. The summed E-state index contributed by atoms with van der Waals surface area (Å²) in [6, 6.07) is 8.77. The molecule has 2 unspecified atom stereocenters. The number of nitrogens with one attached hydrogen (secondary N) is 2. The molecule has 0 aromatic heterocycles. The van der Waals surface area contributed by atoms with E-state index in [9.17, 15) is 0 Å². The molecular weight excluding hydrogens is 475 g/mol. The summed E-state index contributed by atoms with van der Waals surface area (Å²) < 4.78 is 6.50. The maximum Gasteiger partial charge on any atom is 0.191 e. The molecule has 1 aromatic carbocycles. The predicted octanol–water partition coefficient (Wildman–Crippen LogP) is 4.34. The molecule has 0 bridgehead atoms. The van der Waals surface area contributed by atoms with Gasteiger partial charge in [-0.2, -0.15) is 0 Å². The summed E-state index contributed by atoms with van der Waals surface area (Å²) in [6.45, 7) is 6.86. The summed E-state index contributed by atoms with van der Waals surface area (Å²) in [5, 5.41) is 7.34. The van der Waals surface area contributed by atoms with Crippen molar-refractivity contribution in [1.82, 2.24) is 15.5 Å². The Hall–Kier alpha value is -1.02. The van der Waals surface area contributed by atoms with Gasteiger partial charge in [0.25, 0.3) is 0 Å². The van der Waals surface area contributed by atoms with Crippen molar-refractivity contribution in [3.05, 3.63) is 29.8 Å². The van der Waals surface area contributed by atoms with Crippen molar-refractivity contribution in [3.8, 4) is 5.75 Å². The van der Waals surface area contributed by atoms with Crippen LogP contribution in [0, 0.1) is 5.92 Å². The fourth-order valence-electron chi connectivity index (χ4n) is 5.28. The number of piperidine rings is 1. The zero-order chi connectivity index (χ0) is 19.4. The second kappa shape index (κ2) is 10.3. The second-order valence-corrected chi connectivity index (χ2v) is 8.79. The summed E-state index contributed by atoms with van der Waals surface area (Å²) in [5.41, 5.74) is 1.27. The van der Waals surface area contributed by atoms with E-state index in [1.165, 1.54) is 57.2 Å². The molecule has 0 radical (unpaired) electrons. The Morgan fingerprint density at radius 2 is 2.03 bits per heavy atom. The van der Waals surface area contributed by atoms with E-state index in [2.05, 4.69) is 51.7 Å². The highest BCUT2D eigenvalue weighted by Gasteiger charge is 2.43. The molecule has 2 aliphatic heterocycles. The largest absolute Gasteiger partial charge is 0.487 e. The topological polar surface area (TPSA) is 48.9 Å². The van der Waals surface area contributed by atoms with E-state index in [1.807, 2.05) is 7.05 Å². The molecule has 6 heteroatoms. The van der Waals surface area contributed by atoms with Crippen LogP contribution in [0.4, 0.5) is 0 Å². The minimum atomic E-state index is 0. The lowest BCUT2D eigenvalue weighted by molar-refractivity contribution is 0.0395. The van der Waals surface area contributed by atoms with Gasteiger partial charge in [-0.15, -0.1) is 24.0 Å². The predicted molar refractivity (Wildman–Crippen MR) is 130 cm³/mol. The van der Waals surface area contributed by atoms with Crippen LogP contribution in [0.2, 0.25) is 0 Å². The van der Waals surface area contributed by atoms with Crippen molar-refractivity contribution in [3.63, 3.8) is 0 Å². The molecule has 162 valence electrons. The molecular formula is C23H37IN4O. The Kier molecular flexibility index (Phi) is 8.07. The van der Waals surface area contributed by atoms with Crippen molar-refractivity contribution < 1.29 is 4.74 Å². The average molecular weight is 512 g/mol. The van der Waals surface area contributed by atoms with Gasteiger partial charge in [-0.05, 0) is 63.6 Å². The molecule has 1 saturated carbocycles. The molecule has 2 atom stereocenters. The van der Waals surface area contributed by atoms with Crippen LogP contribution in [0.1, 0.15) is 63.5 Å². The summed E-state index contributed by atoms with van der Waals surface area (Å²) >= 11 is 0. The van der Waals surface area contributed by atoms with Crippen LogP contribution < -0.4 is 15.4 Å². The van der Waals surface area contributed by atoms with Gasteiger partial charge in [0.15, 0.2) is 5.96 Å². The van der Waals surface area contributed by atoms with Gasteiger partial charge < -0.3 is 20.3 Å². The lowest BCUT2D eigenvalue weighted by Gasteiger charge is -2.40. The number of nitrogens with zero attached hydrogens (tertiary/aromatic N) is 2. The zero-order valence-corrected chi connectivity index (χ0v) is 20.3. The minimum Gasteiger partial charge on any atom is -0.487 e. The summed E-state index contributed by atoms with van der Waals surface area (Å²) in [4.78, 5) is 7.09. The van der Waals surface area contributed by atoms with Gasteiger partial charge >= 0.3 is 0 Å². The molecule has 4 rings (SSSR count). The first-order valence-corrected chi connectivity index (χ1v) is 11.2. The van der Waals surface area contributed by atoms with E-state index in [4.69, 9.17) is 4.74 Å². The molecule has 29 heavy (non-hydrogen) atoms. The average Bonchev–Trinajstić information content (AvgIpc) is 3.18. The van der Waals surface area contributed by atoms with Crippen molar-refractivity contribution in [2.45, 2.75) is 63.5 Å². The fourth-order valence-corrected chi connectivity index (χ4v) is 5.28. The maximum atomic E-state index is 6.50. The molecule has 2 fully saturated rings. The van der Waals surface area contributed by atoms with E-state index in [0.29, 0.717) is 5.92 Å². The number of halogens is 1. The molecule has 0 amide bonds. The summed E-state index contributed by atoms with van der Waals surface area (Å²) in [6.07, 6.45) is 8.53. The normalized spacial score (nSPS) is 26.3. The first-order valence-electron chi connectivity index (χ1n) is 11.2. The molecule has 3 aliphatic rings. The van der Waals surface area contributed by atoms with Crippen molar-refractivity contribution in [2.75, 3.05) is 33.2 Å². The zero-order valence-electron chi connectivity index (χ0n) is 18.0. The third kappa shape index (κ3) is 5.37.